The summed E-state index contributed by atoms with van der Waals surface area (Å²) in [6.45, 7) is 3.78. The van der Waals surface area contributed by atoms with Gasteiger partial charge in [0.1, 0.15) is 6.04 Å². The molecular formula is C27H26F6N2O2. The maximum atomic E-state index is 13.6. The van der Waals surface area contributed by atoms with Gasteiger partial charge in [0.15, 0.2) is 0 Å². The van der Waals surface area contributed by atoms with Gasteiger partial charge in [-0.25, -0.2) is 0 Å². The molecule has 1 aliphatic carbocycles. The molecule has 0 radical (unpaired) electrons. The Balaban J connectivity index is 1.66. The predicted octanol–water partition coefficient (Wildman–Crippen LogP) is 6.39. The van der Waals surface area contributed by atoms with Crippen molar-refractivity contribution in [2.45, 2.75) is 64.0 Å². The van der Waals surface area contributed by atoms with Gasteiger partial charge in [0.2, 0.25) is 5.91 Å². The number of anilines is 1. The Kier molecular flexibility index (Phi) is 7.14. The maximum absolute atomic E-state index is 13.6. The molecule has 10 heteroatoms. The number of nitrogens with one attached hydrogen (secondary N) is 1. The summed E-state index contributed by atoms with van der Waals surface area (Å²) >= 11 is 0. The number of fused-ring (bicyclic) bond motifs is 1. The third-order valence-corrected chi connectivity index (χ3v) is 6.78. The fourth-order valence-electron chi connectivity index (χ4n) is 4.60. The van der Waals surface area contributed by atoms with Gasteiger partial charge in [-0.1, -0.05) is 31.2 Å². The zero-order valence-corrected chi connectivity index (χ0v) is 20.2. The highest BCUT2D eigenvalue weighted by molar-refractivity contribution is 6.06. The molecule has 1 aliphatic heterocycles. The number of carbonyl (C=O) groups excluding carboxylic acids is 2. The van der Waals surface area contributed by atoms with E-state index in [1.807, 2.05) is 38.1 Å². The Labute approximate surface area is 210 Å². The predicted molar refractivity (Wildman–Crippen MR) is 126 cm³/mol. The number of halogens is 6. The second-order valence-electron chi connectivity index (χ2n) is 9.47. The first-order valence-corrected chi connectivity index (χ1v) is 12.0. The van der Waals surface area contributed by atoms with E-state index in [2.05, 4.69) is 5.32 Å². The summed E-state index contributed by atoms with van der Waals surface area (Å²) in [5.41, 5.74) is -1.12. The number of nitrogens with zero attached hydrogens (tertiary/aromatic N) is 1. The van der Waals surface area contributed by atoms with Crippen LogP contribution in [0.25, 0.3) is 5.57 Å². The van der Waals surface area contributed by atoms with E-state index in [4.69, 9.17) is 0 Å². The second-order valence-corrected chi connectivity index (χ2v) is 9.47. The zero-order chi connectivity index (χ0) is 27.1. The summed E-state index contributed by atoms with van der Waals surface area (Å²) in [6.07, 6.45) is -6.77. The topological polar surface area (TPSA) is 49.4 Å². The number of para-hydroxylation sites is 1. The minimum atomic E-state index is -5.09. The number of amides is 2. The monoisotopic (exact) mass is 524 g/mol. The molecule has 1 heterocycles. The molecule has 4 nitrogen and oxygen atoms in total. The normalized spacial score (nSPS) is 19.1. The standard InChI is InChI=1S/C27H26F6N2O2/c1-3-15(2)35-23-7-5-4-6-19(23)20(16-8-9-16)14-22(25(35)37)34-24(36)12-17-10-11-18(26(28,29)30)13-21(17)27(31,32)33/h4-7,10-11,13-16,22H,3,8-9,12H2,1-2H3,(H,34,36)/t15-,22?/m0/s1. The fourth-order valence-corrected chi connectivity index (χ4v) is 4.60. The maximum Gasteiger partial charge on any atom is 0.416 e. The van der Waals surface area contributed by atoms with Crippen molar-refractivity contribution in [2.75, 3.05) is 4.90 Å². The lowest BCUT2D eigenvalue weighted by Crippen LogP contribution is -2.50. The highest BCUT2D eigenvalue weighted by Gasteiger charge is 2.40. The lowest BCUT2D eigenvalue weighted by molar-refractivity contribution is -0.143. The number of benzene rings is 2. The van der Waals surface area contributed by atoms with Crippen LogP contribution in [-0.4, -0.2) is 23.9 Å². The minimum absolute atomic E-state index is 0.00577. The molecule has 2 aromatic rings. The van der Waals surface area contributed by atoms with Crippen LogP contribution in [0.5, 0.6) is 0 Å². The van der Waals surface area contributed by atoms with Crippen LogP contribution >= 0.6 is 0 Å². The molecule has 4 rings (SSSR count). The van der Waals surface area contributed by atoms with Crippen LogP contribution in [-0.2, 0) is 28.4 Å². The van der Waals surface area contributed by atoms with Gasteiger partial charge in [0.05, 0.1) is 23.2 Å². The SMILES string of the molecule is CC[C@H](C)N1C(=O)C(NC(=O)Cc2ccc(C(F)(F)F)cc2C(F)(F)F)C=C(C2CC2)c2ccccc21. The average Bonchev–Trinajstić information content (AvgIpc) is 3.66. The van der Waals surface area contributed by atoms with Crippen molar-refractivity contribution in [2.24, 2.45) is 5.92 Å². The van der Waals surface area contributed by atoms with Gasteiger partial charge in [-0.05, 0) is 67.5 Å². The first-order chi connectivity index (χ1) is 17.3. The van der Waals surface area contributed by atoms with Crippen molar-refractivity contribution >= 4 is 23.1 Å². The molecule has 0 saturated heterocycles. The van der Waals surface area contributed by atoms with Gasteiger partial charge >= 0.3 is 12.4 Å². The minimum Gasteiger partial charge on any atom is -0.341 e. The van der Waals surface area contributed by atoms with Crippen LogP contribution in [0.4, 0.5) is 32.0 Å². The summed E-state index contributed by atoms with van der Waals surface area (Å²) in [4.78, 5) is 28.1. The van der Waals surface area contributed by atoms with Crippen molar-refractivity contribution in [1.29, 1.82) is 0 Å². The smallest absolute Gasteiger partial charge is 0.341 e. The second kappa shape index (κ2) is 9.87. The summed E-state index contributed by atoms with van der Waals surface area (Å²) in [5.74, 6) is -1.11. The lowest BCUT2D eigenvalue weighted by Gasteiger charge is -2.31. The molecule has 2 aliphatic rings. The number of allylic oxidation sites excluding steroid dienone is 1. The molecular weight excluding hydrogens is 498 g/mol. The van der Waals surface area contributed by atoms with Gasteiger partial charge in [0, 0.05) is 11.6 Å². The van der Waals surface area contributed by atoms with E-state index in [1.54, 1.807) is 11.0 Å². The fraction of sp³-hybridized carbons (Fsp3) is 0.407. The first kappa shape index (κ1) is 26.8. The molecule has 1 saturated carbocycles. The molecule has 1 fully saturated rings. The van der Waals surface area contributed by atoms with Crippen LogP contribution in [0, 0.1) is 5.92 Å². The third kappa shape index (κ3) is 5.67. The molecule has 1 unspecified atom stereocenters. The van der Waals surface area contributed by atoms with E-state index >= 15 is 0 Å². The summed E-state index contributed by atoms with van der Waals surface area (Å²) < 4.78 is 79.6. The molecule has 0 aromatic heterocycles. The van der Waals surface area contributed by atoms with E-state index in [0.717, 1.165) is 24.0 Å². The molecule has 0 spiro atoms. The third-order valence-electron chi connectivity index (χ3n) is 6.78. The lowest BCUT2D eigenvalue weighted by atomic mass is 9.98. The molecule has 2 amide bonds. The summed E-state index contributed by atoms with van der Waals surface area (Å²) in [6, 6.07) is 7.24. The Morgan fingerprint density at radius 1 is 1.05 bits per heavy atom. The largest absolute Gasteiger partial charge is 0.416 e. The molecule has 37 heavy (non-hydrogen) atoms. The van der Waals surface area contributed by atoms with Gasteiger partial charge in [-0.2, -0.15) is 26.3 Å². The van der Waals surface area contributed by atoms with Crippen molar-refractivity contribution in [3.63, 3.8) is 0 Å². The molecule has 198 valence electrons. The van der Waals surface area contributed by atoms with Crippen LogP contribution in [0.1, 0.15) is 55.4 Å². The van der Waals surface area contributed by atoms with Crippen LogP contribution in [0.3, 0.4) is 0 Å². The van der Waals surface area contributed by atoms with E-state index < -0.39 is 53.3 Å². The Hall–Kier alpha value is -3.30. The van der Waals surface area contributed by atoms with Crippen LogP contribution in [0.2, 0.25) is 0 Å². The van der Waals surface area contributed by atoms with Gasteiger partial charge in [-0.3, -0.25) is 9.59 Å². The van der Waals surface area contributed by atoms with Gasteiger partial charge < -0.3 is 10.2 Å². The number of hydrogen-bond acceptors (Lipinski definition) is 2. The van der Waals surface area contributed by atoms with Crippen molar-refractivity contribution in [3.05, 3.63) is 70.8 Å². The molecule has 0 bridgehead atoms. The van der Waals surface area contributed by atoms with Crippen LogP contribution < -0.4 is 10.2 Å². The van der Waals surface area contributed by atoms with Gasteiger partial charge in [-0.15, -0.1) is 0 Å². The quantitative estimate of drug-likeness (QED) is 0.446. The van der Waals surface area contributed by atoms with E-state index in [1.165, 1.54) is 0 Å². The van der Waals surface area contributed by atoms with Crippen molar-refractivity contribution in [3.8, 4) is 0 Å². The zero-order valence-electron chi connectivity index (χ0n) is 20.2. The molecule has 1 N–H and O–H groups in total. The van der Waals surface area contributed by atoms with Gasteiger partial charge in [0.25, 0.3) is 5.91 Å². The van der Waals surface area contributed by atoms with Crippen molar-refractivity contribution in [1.82, 2.24) is 5.32 Å². The summed E-state index contributed by atoms with van der Waals surface area (Å²) in [7, 11) is 0. The molecule has 2 atom stereocenters. The number of hydrogen-bond donors (Lipinski definition) is 1. The van der Waals surface area contributed by atoms with Crippen molar-refractivity contribution < 1.29 is 35.9 Å². The number of alkyl halides is 6. The van der Waals surface area contributed by atoms with E-state index in [-0.39, 0.29) is 18.0 Å². The Bertz CT molecular complexity index is 1230. The Morgan fingerprint density at radius 2 is 1.73 bits per heavy atom. The average molecular weight is 525 g/mol. The molecule has 2 aromatic carbocycles. The Morgan fingerprint density at radius 3 is 2.32 bits per heavy atom. The van der Waals surface area contributed by atoms with E-state index in [9.17, 15) is 35.9 Å². The van der Waals surface area contributed by atoms with E-state index in [0.29, 0.717) is 24.2 Å². The number of rotatable bonds is 6. The van der Waals surface area contributed by atoms with Crippen LogP contribution in [0.15, 0.2) is 48.5 Å². The highest BCUT2D eigenvalue weighted by Crippen LogP contribution is 2.46. The first-order valence-electron chi connectivity index (χ1n) is 12.0. The number of carbonyl (C=O) groups is 2. The highest BCUT2D eigenvalue weighted by atomic mass is 19.4. The summed E-state index contributed by atoms with van der Waals surface area (Å²) in [5, 5.41) is 2.54.